The molecule has 0 radical (unpaired) electrons. The summed E-state index contributed by atoms with van der Waals surface area (Å²) < 4.78 is 56.3. The van der Waals surface area contributed by atoms with E-state index in [2.05, 4.69) is 4.98 Å². The van der Waals surface area contributed by atoms with Crippen molar-refractivity contribution in [2.45, 2.75) is 38.1 Å². The van der Waals surface area contributed by atoms with Crippen LogP contribution in [0.1, 0.15) is 18.9 Å². The molecule has 0 aliphatic carbocycles. The fraction of sp³-hybridized carbons (Fsp3) is 0.333. The third-order valence-electron chi connectivity index (χ3n) is 5.09. The highest BCUT2D eigenvalue weighted by Crippen LogP contribution is 2.38. The number of nitrogens with zero attached hydrogens (tertiary/aromatic N) is 2. The van der Waals surface area contributed by atoms with Crippen LogP contribution in [-0.4, -0.2) is 31.5 Å². The Bertz CT molecular complexity index is 1170. The van der Waals surface area contributed by atoms with Crippen LogP contribution in [0.3, 0.4) is 0 Å². The maximum absolute atomic E-state index is 13.9. The van der Waals surface area contributed by atoms with Gasteiger partial charge in [-0.1, -0.05) is 18.5 Å². The van der Waals surface area contributed by atoms with E-state index in [0.717, 1.165) is 29.0 Å². The molecule has 0 aliphatic heterocycles. The van der Waals surface area contributed by atoms with E-state index in [-0.39, 0.29) is 33.7 Å². The Morgan fingerprint density at radius 1 is 1.26 bits per heavy atom. The number of phenols is 1. The quantitative estimate of drug-likeness (QED) is 0.535. The smallest absolute Gasteiger partial charge is 0.418 e. The molecule has 10 heteroatoms. The number of fused-ring (bicyclic) bond motifs is 1. The van der Waals surface area contributed by atoms with E-state index in [1.54, 1.807) is 0 Å². The van der Waals surface area contributed by atoms with Gasteiger partial charge >= 0.3 is 6.18 Å². The van der Waals surface area contributed by atoms with Crippen LogP contribution in [0, 0.1) is 11.7 Å². The molecule has 5 nitrogen and oxygen atoms in total. The molecule has 0 amide bonds. The van der Waals surface area contributed by atoms with Crippen molar-refractivity contribution in [3.63, 3.8) is 0 Å². The number of aromatic nitrogens is 2. The average Bonchev–Trinajstić information content (AvgIpc) is 2.68. The third-order valence-corrected chi connectivity index (χ3v) is 5.36. The SMILES string of the molecule is CC(Cc1cc(F)ccc1O)CC(O)(Cn1cc(Cl)c(=O)c2cnccc21)C(F)(F)F. The van der Waals surface area contributed by atoms with Gasteiger partial charge in [-0.05, 0) is 48.6 Å². The number of pyridine rings is 2. The minimum absolute atomic E-state index is 0.0252. The van der Waals surface area contributed by atoms with Gasteiger partial charge in [-0.15, -0.1) is 0 Å². The van der Waals surface area contributed by atoms with E-state index in [1.807, 2.05) is 0 Å². The fourth-order valence-corrected chi connectivity index (χ4v) is 3.85. The number of halogens is 5. The van der Waals surface area contributed by atoms with E-state index >= 15 is 0 Å². The summed E-state index contributed by atoms with van der Waals surface area (Å²) in [7, 11) is 0. The number of aliphatic hydroxyl groups is 1. The fourth-order valence-electron chi connectivity index (χ4n) is 3.63. The second kappa shape index (κ2) is 8.47. The molecule has 166 valence electrons. The lowest BCUT2D eigenvalue weighted by molar-refractivity contribution is -0.270. The van der Waals surface area contributed by atoms with Crippen LogP contribution in [0.4, 0.5) is 17.6 Å². The minimum atomic E-state index is -5.01. The second-order valence-electron chi connectivity index (χ2n) is 7.64. The molecular weight excluding hydrogens is 440 g/mol. The van der Waals surface area contributed by atoms with Crippen LogP contribution < -0.4 is 5.43 Å². The van der Waals surface area contributed by atoms with Gasteiger partial charge in [-0.2, -0.15) is 13.2 Å². The van der Waals surface area contributed by atoms with Crippen LogP contribution in [0.5, 0.6) is 5.75 Å². The summed E-state index contributed by atoms with van der Waals surface area (Å²) >= 11 is 5.89. The van der Waals surface area contributed by atoms with E-state index in [9.17, 15) is 32.6 Å². The molecule has 0 bridgehead atoms. The number of alkyl halides is 3. The zero-order valence-corrected chi connectivity index (χ0v) is 17.1. The molecule has 2 unspecified atom stereocenters. The Balaban J connectivity index is 1.95. The first-order valence-corrected chi connectivity index (χ1v) is 9.68. The molecule has 2 atom stereocenters. The lowest BCUT2D eigenvalue weighted by Gasteiger charge is -2.34. The molecule has 1 aromatic carbocycles. The number of hydrogen-bond acceptors (Lipinski definition) is 4. The second-order valence-corrected chi connectivity index (χ2v) is 8.05. The monoisotopic (exact) mass is 458 g/mol. The van der Waals surface area contributed by atoms with E-state index in [4.69, 9.17) is 11.6 Å². The van der Waals surface area contributed by atoms with Gasteiger partial charge in [0.2, 0.25) is 5.43 Å². The lowest BCUT2D eigenvalue weighted by atomic mass is 9.86. The number of phenolic OH excluding ortho intramolecular Hbond substituents is 1. The van der Waals surface area contributed by atoms with Crippen molar-refractivity contribution in [3.8, 4) is 5.75 Å². The summed E-state index contributed by atoms with van der Waals surface area (Å²) in [5.41, 5.74) is -3.47. The molecule has 0 spiro atoms. The molecule has 0 saturated carbocycles. The Morgan fingerprint density at radius 2 is 1.97 bits per heavy atom. The van der Waals surface area contributed by atoms with Gasteiger partial charge in [-0.25, -0.2) is 4.39 Å². The van der Waals surface area contributed by atoms with Crippen molar-refractivity contribution in [1.82, 2.24) is 9.55 Å². The first-order chi connectivity index (χ1) is 14.4. The predicted molar refractivity (Wildman–Crippen MR) is 108 cm³/mol. The zero-order valence-electron chi connectivity index (χ0n) is 16.3. The Hall–Kier alpha value is -2.65. The minimum Gasteiger partial charge on any atom is -0.508 e. The maximum Gasteiger partial charge on any atom is 0.418 e. The lowest BCUT2D eigenvalue weighted by Crippen LogP contribution is -2.50. The van der Waals surface area contributed by atoms with Crippen LogP contribution >= 0.6 is 11.6 Å². The molecule has 3 rings (SSSR count). The topological polar surface area (TPSA) is 75.3 Å². The molecule has 2 N–H and O–H groups in total. The summed E-state index contributed by atoms with van der Waals surface area (Å²) in [6.07, 6.45) is -2.28. The van der Waals surface area contributed by atoms with Crippen LogP contribution in [-0.2, 0) is 13.0 Å². The van der Waals surface area contributed by atoms with Crippen molar-refractivity contribution in [2.75, 3.05) is 0 Å². The number of benzene rings is 1. The van der Waals surface area contributed by atoms with Crippen LogP contribution in [0.2, 0.25) is 5.02 Å². The molecular formula is C21H19ClF4N2O3. The summed E-state index contributed by atoms with van der Waals surface area (Å²) in [6, 6.07) is 4.56. The summed E-state index contributed by atoms with van der Waals surface area (Å²) in [5, 5.41) is 20.2. The Morgan fingerprint density at radius 3 is 2.65 bits per heavy atom. The summed E-state index contributed by atoms with van der Waals surface area (Å²) in [4.78, 5) is 16.0. The molecule has 2 aromatic heterocycles. The standard InChI is InChI=1S/C21H19ClF4N2O3/c1-12(6-13-7-14(23)2-3-18(13)29)8-20(31,21(24,25)26)11-28-10-16(22)19(30)15-9-27-5-4-17(15)28/h2-5,7,9-10,12,29,31H,6,8,11H2,1H3. The van der Waals surface area contributed by atoms with Gasteiger partial charge in [0, 0.05) is 18.6 Å². The Labute approximate surface area is 179 Å². The highest BCUT2D eigenvalue weighted by Gasteiger charge is 2.54. The average molecular weight is 459 g/mol. The van der Waals surface area contributed by atoms with Crippen molar-refractivity contribution in [3.05, 3.63) is 69.5 Å². The number of rotatable bonds is 6. The molecule has 0 saturated heterocycles. The number of hydrogen-bond donors (Lipinski definition) is 2. The third kappa shape index (κ3) is 4.83. The first kappa shape index (κ1) is 23.0. The largest absolute Gasteiger partial charge is 0.508 e. The van der Waals surface area contributed by atoms with Gasteiger partial charge in [0.15, 0.2) is 5.60 Å². The first-order valence-electron chi connectivity index (χ1n) is 9.30. The number of aromatic hydroxyl groups is 1. The molecule has 3 aromatic rings. The van der Waals surface area contributed by atoms with Crippen molar-refractivity contribution in [1.29, 1.82) is 0 Å². The van der Waals surface area contributed by atoms with Crippen molar-refractivity contribution < 1.29 is 27.8 Å². The predicted octanol–water partition coefficient (Wildman–Crippen LogP) is 4.46. The van der Waals surface area contributed by atoms with Gasteiger partial charge < -0.3 is 14.8 Å². The van der Waals surface area contributed by atoms with Crippen LogP contribution in [0.25, 0.3) is 10.9 Å². The zero-order chi connectivity index (χ0) is 23.0. The van der Waals surface area contributed by atoms with Crippen LogP contribution in [0.15, 0.2) is 47.7 Å². The van der Waals surface area contributed by atoms with E-state index < -0.39 is 41.9 Å². The van der Waals surface area contributed by atoms with Crippen molar-refractivity contribution in [2.24, 2.45) is 5.92 Å². The van der Waals surface area contributed by atoms with E-state index in [1.165, 1.54) is 25.4 Å². The van der Waals surface area contributed by atoms with Gasteiger partial charge in [0.25, 0.3) is 0 Å². The van der Waals surface area contributed by atoms with Gasteiger partial charge in [0.1, 0.15) is 16.6 Å². The normalized spacial score (nSPS) is 15.1. The molecule has 31 heavy (non-hydrogen) atoms. The highest BCUT2D eigenvalue weighted by molar-refractivity contribution is 6.31. The Kier molecular flexibility index (Phi) is 6.29. The molecule has 0 fully saturated rings. The maximum atomic E-state index is 13.9. The van der Waals surface area contributed by atoms with Gasteiger partial charge in [-0.3, -0.25) is 9.78 Å². The molecule has 0 aliphatic rings. The van der Waals surface area contributed by atoms with E-state index in [0.29, 0.717) is 0 Å². The summed E-state index contributed by atoms with van der Waals surface area (Å²) in [5.74, 6) is -1.65. The highest BCUT2D eigenvalue weighted by atomic mass is 35.5. The molecule has 2 heterocycles. The van der Waals surface area contributed by atoms with Gasteiger partial charge in [0.05, 0.1) is 17.4 Å². The van der Waals surface area contributed by atoms with Crippen molar-refractivity contribution >= 4 is 22.5 Å². The summed E-state index contributed by atoms with van der Waals surface area (Å²) in [6.45, 7) is 0.540.